The molecule has 0 spiro atoms. The number of nitrogens with one attached hydrogen (secondary N) is 1. The van der Waals surface area contributed by atoms with Crippen molar-refractivity contribution in [3.8, 4) is 0 Å². The number of imidazole rings is 2. The molecular weight excluding hydrogens is 318 g/mol. The number of benzene rings is 1. The zero-order valence-electron chi connectivity index (χ0n) is 14.1. The van der Waals surface area contributed by atoms with Gasteiger partial charge in [-0.2, -0.15) is 0 Å². The van der Waals surface area contributed by atoms with Gasteiger partial charge in [-0.1, -0.05) is 12.1 Å². The van der Waals surface area contributed by atoms with Crippen molar-refractivity contribution in [2.24, 2.45) is 0 Å². The Morgan fingerprint density at radius 3 is 2.72 bits per heavy atom. The third-order valence-electron chi connectivity index (χ3n) is 5.15. The molecule has 130 valence electrons. The number of hydrogen-bond donors (Lipinski definition) is 2. The van der Waals surface area contributed by atoms with Gasteiger partial charge in [-0.05, 0) is 31.9 Å². The number of H-pyrrole nitrogens is 1. The summed E-state index contributed by atoms with van der Waals surface area (Å²) in [6.07, 6.45) is 4.62. The van der Waals surface area contributed by atoms with E-state index in [4.69, 9.17) is 0 Å². The minimum Gasteiger partial charge on any atom is -0.479 e. The molecule has 7 nitrogen and oxygen atoms in total. The highest BCUT2D eigenvalue weighted by Gasteiger charge is 2.44. The molecule has 0 saturated carbocycles. The fourth-order valence-electron chi connectivity index (χ4n) is 3.73. The molecule has 1 fully saturated rings. The Morgan fingerprint density at radius 1 is 1.28 bits per heavy atom. The van der Waals surface area contributed by atoms with E-state index in [1.54, 1.807) is 6.33 Å². The molecule has 0 amide bonds. The van der Waals surface area contributed by atoms with Crippen LogP contribution in [0.3, 0.4) is 0 Å². The second-order valence-electron chi connectivity index (χ2n) is 6.71. The number of nitrogens with zero attached hydrogens (tertiary/aromatic N) is 4. The Hall–Kier alpha value is -2.67. The van der Waals surface area contributed by atoms with Gasteiger partial charge in [0.25, 0.3) is 0 Å². The number of carboxylic acids is 1. The average molecular weight is 339 g/mol. The number of carbonyl (C=O) groups is 1. The van der Waals surface area contributed by atoms with Gasteiger partial charge in [-0.15, -0.1) is 0 Å². The third-order valence-corrected chi connectivity index (χ3v) is 5.15. The fraction of sp³-hybridized carbons (Fsp3) is 0.389. The Labute approximate surface area is 145 Å². The predicted octanol–water partition coefficient (Wildman–Crippen LogP) is 2.14. The monoisotopic (exact) mass is 339 g/mol. The molecule has 3 heterocycles. The predicted molar refractivity (Wildman–Crippen MR) is 93.2 cm³/mol. The van der Waals surface area contributed by atoms with Crippen LogP contribution in [-0.4, -0.2) is 48.6 Å². The number of aromatic nitrogens is 4. The van der Waals surface area contributed by atoms with Gasteiger partial charge in [0.1, 0.15) is 11.4 Å². The van der Waals surface area contributed by atoms with Gasteiger partial charge < -0.3 is 14.7 Å². The molecule has 4 rings (SSSR count). The minimum absolute atomic E-state index is 0.551. The molecular formula is C18H21N5O2. The smallest absolute Gasteiger partial charge is 0.330 e. The summed E-state index contributed by atoms with van der Waals surface area (Å²) >= 11 is 0. The van der Waals surface area contributed by atoms with Gasteiger partial charge in [0.15, 0.2) is 0 Å². The molecule has 0 radical (unpaired) electrons. The van der Waals surface area contributed by atoms with Crippen LogP contribution in [0.15, 0.2) is 36.8 Å². The molecule has 2 aromatic heterocycles. The van der Waals surface area contributed by atoms with Gasteiger partial charge >= 0.3 is 5.97 Å². The van der Waals surface area contributed by atoms with Crippen molar-refractivity contribution in [3.63, 3.8) is 0 Å². The maximum absolute atomic E-state index is 12.2. The first kappa shape index (κ1) is 15.8. The third kappa shape index (κ3) is 2.70. The molecule has 3 aromatic rings. The van der Waals surface area contributed by atoms with Crippen LogP contribution >= 0.6 is 0 Å². The molecule has 1 aliphatic heterocycles. The van der Waals surface area contributed by atoms with E-state index in [1.165, 1.54) is 0 Å². The number of piperidine rings is 1. The minimum atomic E-state index is -0.934. The first-order valence-electron chi connectivity index (χ1n) is 8.47. The number of para-hydroxylation sites is 2. The van der Waals surface area contributed by atoms with Crippen molar-refractivity contribution in [2.45, 2.75) is 31.8 Å². The van der Waals surface area contributed by atoms with Crippen molar-refractivity contribution in [1.29, 1.82) is 0 Å². The normalized spacial score (nSPS) is 17.8. The zero-order valence-corrected chi connectivity index (χ0v) is 14.1. The summed E-state index contributed by atoms with van der Waals surface area (Å²) in [7, 11) is 0. The van der Waals surface area contributed by atoms with E-state index in [9.17, 15) is 9.90 Å². The van der Waals surface area contributed by atoms with Crippen LogP contribution in [0, 0.1) is 6.92 Å². The van der Waals surface area contributed by atoms with Gasteiger partial charge in [0.05, 0.1) is 17.4 Å². The van der Waals surface area contributed by atoms with Crippen LogP contribution in [0.5, 0.6) is 0 Å². The topological polar surface area (TPSA) is 87.0 Å². The number of rotatable bonds is 4. The van der Waals surface area contributed by atoms with Gasteiger partial charge in [0, 0.05) is 31.5 Å². The molecule has 0 aliphatic carbocycles. The maximum atomic E-state index is 12.2. The van der Waals surface area contributed by atoms with Crippen LogP contribution in [0.4, 0.5) is 0 Å². The molecule has 1 saturated heterocycles. The highest BCUT2D eigenvalue weighted by molar-refractivity contribution is 5.82. The number of aryl methyl sites for hydroxylation is 1. The number of hydrogen-bond acceptors (Lipinski definition) is 4. The van der Waals surface area contributed by atoms with Crippen LogP contribution < -0.4 is 0 Å². The van der Waals surface area contributed by atoms with E-state index in [0.29, 0.717) is 12.8 Å². The second-order valence-corrected chi connectivity index (χ2v) is 6.71. The van der Waals surface area contributed by atoms with Crippen LogP contribution in [0.1, 0.15) is 24.4 Å². The Morgan fingerprint density at radius 2 is 2.04 bits per heavy atom. The summed E-state index contributed by atoms with van der Waals surface area (Å²) in [6.45, 7) is 4.13. The van der Waals surface area contributed by atoms with E-state index in [-0.39, 0.29) is 0 Å². The zero-order chi connectivity index (χ0) is 17.4. The van der Waals surface area contributed by atoms with Gasteiger partial charge in [-0.3, -0.25) is 4.90 Å². The summed E-state index contributed by atoms with van der Waals surface area (Å²) in [4.78, 5) is 26.3. The molecule has 0 bridgehead atoms. The van der Waals surface area contributed by atoms with E-state index < -0.39 is 11.5 Å². The lowest BCUT2D eigenvalue weighted by molar-refractivity contribution is -0.150. The highest BCUT2D eigenvalue weighted by atomic mass is 16.4. The largest absolute Gasteiger partial charge is 0.479 e. The van der Waals surface area contributed by atoms with E-state index in [1.807, 2.05) is 42.0 Å². The number of carboxylic acid groups (broad SMARTS) is 1. The standard InChI is InChI=1S/C18H21N5O2/c1-13-19-10-14(21-13)11-22-8-6-18(7-9-22,17(24)25)23-12-20-15-4-2-3-5-16(15)23/h2-5,10,12H,6-9,11H2,1H3,(H,19,21)(H,24,25). The fourth-order valence-corrected chi connectivity index (χ4v) is 3.73. The lowest BCUT2D eigenvalue weighted by Crippen LogP contribution is -2.50. The van der Waals surface area contributed by atoms with E-state index in [2.05, 4.69) is 19.9 Å². The first-order chi connectivity index (χ1) is 12.1. The molecule has 1 aromatic carbocycles. The number of aromatic amines is 1. The van der Waals surface area contributed by atoms with Crippen LogP contribution in [0.2, 0.25) is 0 Å². The van der Waals surface area contributed by atoms with Crippen molar-refractivity contribution in [1.82, 2.24) is 24.4 Å². The molecule has 1 aliphatic rings. The van der Waals surface area contributed by atoms with Crippen molar-refractivity contribution < 1.29 is 9.90 Å². The Balaban J connectivity index is 1.58. The molecule has 2 N–H and O–H groups in total. The van der Waals surface area contributed by atoms with Gasteiger partial charge in [-0.25, -0.2) is 14.8 Å². The van der Waals surface area contributed by atoms with Gasteiger partial charge in [0.2, 0.25) is 0 Å². The summed E-state index contributed by atoms with van der Waals surface area (Å²) < 4.78 is 1.85. The van der Waals surface area contributed by atoms with Crippen LogP contribution in [0.25, 0.3) is 11.0 Å². The Kier molecular flexibility index (Phi) is 3.80. The maximum Gasteiger partial charge on any atom is 0.330 e. The highest BCUT2D eigenvalue weighted by Crippen LogP contribution is 2.34. The van der Waals surface area contributed by atoms with Crippen molar-refractivity contribution >= 4 is 17.0 Å². The van der Waals surface area contributed by atoms with Crippen molar-refractivity contribution in [2.75, 3.05) is 13.1 Å². The summed E-state index contributed by atoms with van der Waals surface area (Å²) in [5, 5.41) is 10.0. The van der Waals surface area contributed by atoms with E-state index >= 15 is 0 Å². The first-order valence-corrected chi connectivity index (χ1v) is 8.47. The number of aliphatic carboxylic acids is 1. The lowest BCUT2D eigenvalue weighted by atomic mass is 9.87. The molecule has 0 unspecified atom stereocenters. The molecule has 7 heteroatoms. The quantitative estimate of drug-likeness (QED) is 0.760. The average Bonchev–Trinajstić information content (AvgIpc) is 3.22. The summed E-state index contributed by atoms with van der Waals surface area (Å²) in [5.74, 6) is 0.115. The van der Waals surface area contributed by atoms with Crippen molar-refractivity contribution in [3.05, 3.63) is 48.3 Å². The Bertz CT molecular complexity index is 905. The molecule has 25 heavy (non-hydrogen) atoms. The summed E-state index contributed by atoms with van der Waals surface area (Å²) in [6, 6.07) is 7.69. The SMILES string of the molecule is Cc1ncc(CN2CCC(C(=O)O)(n3cnc4ccccc43)CC2)[nH]1. The number of fused-ring (bicyclic) bond motifs is 1. The summed E-state index contributed by atoms with van der Waals surface area (Å²) in [5.41, 5.74) is 1.84. The lowest BCUT2D eigenvalue weighted by Gasteiger charge is -2.39. The van der Waals surface area contributed by atoms with E-state index in [0.717, 1.165) is 42.2 Å². The number of likely N-dealkylation sites (tertiary alicyclic amines) is 1. The molecule has 0 atom stereocenters. The second kappa shape index (κ2) is 6.00. The van der Waals surface area contributed by atoms with Crippen LogP contribution in [-0.2, 0) is 16.9 Å².